The van der Waals surface area contributed by atoms with E-state index in [0.29, 0.717) is 6.04 Å². The van der Waals surface area contributed by atoms with Crippen molar-refractivity contribution in [3.05, 3.63) is 0 Å². The topological polar surface area (TPSA) is 87.5 Å². The molecular weight excluding hydrogens is 268 g/mol. The second kappa shape index (κ2) is 7.22. The van der Waals surface area contributed by atoms with Gasteiger partial charge in [-0.15, -0.1) is 0 Å². The molecule has 21 heavy (non-hydrogen) atoms. The van der Waals surface area contributed by atoms with Gasteiger partial charge in [-0.05, 0) is 38.1 Å². The number of nitrogens with zero attached hydrogens (tertiary/aromatic N) is 1. The Morgan fingerprint density at radius 3 is 2.76 bits per heavy atom. The van der Waals surface area contributed by atoms with Crippen molar-refractivity contribution < 1.29 is 9.59 Å². The van der Waals surface area contributed by atoms with Crippen LogP contribution in [0.4, 0.5) is 0 Å². The highest BCUT2D eigenvalue weighted by Gasteiger charge is 2.32. The molecule has 2 saturated heterocycles. The van der Waals surface area contributed by atoms with E-state index in [0.717, 1.165) is 19.4 Å². The lowest BCUT2D eigenvalue weighted by atomic mass is 9.97. The summed E-state index contributed by atoms with van der Waals surface area (Å²) in [5.41, 5.74) is 5.74. The van der Waals surface area contributed by atoms with Crippen molar-refractivity contribution in [3.8, 4) is 0 Å². The molecule has 0 aliphatic carbocycles. The van der Waals surface area contributed by atoms with Crippen LogP contribution in [0.15, 0.2) is 0 Å². The Morgan fingerprint density at radius 2 is 2.05 bits per heavy atom. The molecule has 2 rings (SSSR count). The summed E-state index contributed by atoms with van der Waals surface area (Å²) in [6, 6.07) is 0.319. The third-order valence-electron chi connectivity index (χ3n) is 4.63. The van der Waals surface area contributed by atoms with Crippen molar-refractivity contribution in [2.45, 2.75) is 57.7 Å². The van der Waals surface area contributed by atoms with Crippen LogP contribution in [0, 0.1) is 5.92 Å². The Balaban J connectivity index is 1.69. The van der Waals surface area contributed by atoms with Gasteiger partial charge in [-0.25, -0.2) is 0 Å². The van der Waals surface area contributed by atoms with Crippen LogP contribution < -0.4 is 16.4 Å². The summed E-state index contributed by atoms with van der Waals surface area (Å²) in [5.74, 6) is -0.304. The van der Waals surface area contributed by atoms with Crippen LogP contribution >= 0.6 is 0 Å². The number of fused-ring (bicyclic) bond motifs is 1. The molecule has 2 unspecified atom stereocenters. The number of hydrogen-bond donors (Lipinski definition) is 3. The van der Waals surface area contributed by atoms with E-state index in [2.05, 4.69) is 15.5 Å². The fourth-order valence-corrected chi connectivity index (χ4v) is 3.22. The maximum Gasteiger partial charge on any atom is 0.239 e. The quantitative estimate of drug-likeness (QED) is 0.657. The maximum atomic E-state index is 11.9. The average Bonchev–Trinajstić information content (AvgIpc) is 2.91. The second-order valence-corrected chi connectivity index (χ2v) is 6.61. The fourth-order valence-electron chi connectivity index (χ4n) is 3.22. The lowest BCUT2D eigenvalue weighted by molar-refractivity contribution is -0.127. The van der Waals surface area contributed by atoms with Gasteiger partial charge >= 0.3 is 0 Å². The average molecular weight is 296 g/mol. The lowest BCUT2D eigenvalue weighted by Gasteiger charge is -2.35. The van der Waals surface area contributed by atoms with Gasteiger partial charge in [0, 0.05) is 18.6 Å². The Morgan fingerprint density at radius 1 is 1.29 bits per heavy atom. The van der Waals surface area contributed by atoms with Crippen LogP contribution in [0.5, 0.6) is 0 Å². The molecule has 2 amide bonds. The molecule has 2 fully saturated rings. The summed E-state index contributed by atoms with van der Waals surface area (Å²) in [7, 11) is 0. The molecule has 2 aliphatic rings. The van der Waals surface area contributed by atoms with Gasteiger partial charge in [-0.1, -0.05) is 13.8 Å². The number of carbonyl (C=O) groups excluding carboxylic acids is 2. The smallest absolute Gasteiger partial charge is 0.239 e. The van der Waals surface area contributed by atoms with E-state index < -0.39 is 6.04 Å². The predicted octanol–water partition coefficient (Wildman–Crippen LogP) is -0.171. The number of amides is 2. The maximum absolute atomic E-state index is 11.9. The Hall–Kier alpha value is -1.14. The number of carbonyl (C=O) groups is 2. The zero-order chi connectivity index (χ0) is 15.4. The van der Waals surface area contributed by atoms with Crippen molar-refractivity contribution in [1.29, 1.82) is 0 Å². The van der Waals surface area contributed by atoms with Gasteiger partial charge in [0.25, 0.3) is 0 Å². The molecule has 3 atom stereocenters. The molecular formula is C15H28N4O2. The third-order valence-corrected chi connectivity index (χ3v) is 4.63. The van der Waals surface area contributed by atoms with E-state index in [1.165, 1.54) is 19.4 Å². The van der Waals surface area contributed by atoms with E-state index in [9.17, 15) is 9.59 Å². The Bertz CT molecular complexity index is 386. The minimum Gasteiger partial charge on any atom is -0.352 e. The Labute approximate surface area is 126 Å². The van der Waals surface area contributed by atoms with Gasteiger partial charge in [0.1, 0.15) is 0 Å². The van der Waals surface area contributed by atoms with Crippen molar-refractivity contribution >= 4 is 11.8 Å². The monoisotopic (exact) mass is 296 g/mol. The highest BCUT2D eigenvalue weighted by atomic mass is 16.2. The van der Waals surface area contributed by atoms with Gasteiger partial charge in [0.05, 0.1) is 12.6 Å². The van der Waals surface area contributed by atoms with Gasteiger partial charge in [-0.2, -0.15) is 0 Å². The predicted molar refractivity (Wildman–Crippen MR) is 81.6 cm³/mol. The molecule has 120 valence electrons. The first kappa shape index (κ1) is 16.2. The number of hydrogen-bond acceptors (Lipinski definition) is 4. The first-order valence-corrected chi connectivity index (χ1v) is 8.04. The van der Waals surface area contributed by atoms with E-state index in [4.69, 9.17) is 5.73 Å². The van der Waals surface area contributed by atoms with Crippen molar-refractivity contribution in [1.82, 2.24) is 15.5 Å². The van der Waals surface area contributed by atoms with Crippen molar-refractivity contribution in [2.24, 2.45) is 11.7 Å². The highest BCUT2D eigenvalue weighted by Crippen LogP contribution is 2.26. The molecule has 2 heterocycles. The van der Waals surface area contributed by atoms with Crippen LogP contribution in [-0.4, -0.2) is 54.5 Å². The first-order valence-electron chi connectivity index (χ1n) is 8.04. The van der Waals surface area contributed by atoms with Crippen molar-refractivity contribution in [2.75, 3.05) is 19.6 Å². The molecule has 6 heteroatoms. The lowest BCUT2D eigenvalue weighted by Crippen LogP contribution is -2.51. The second-order valence-electron chi connectivity index (χ2n) is 6.61. The van der Waals surface area contributed by atoms with E-state index >= 15 is 0 Å². The molecule has 2 aliphatic heterocycles. The number of nitrogens with two attached hydrogens (primary N) is 1. The number of nitrogens with one attached hydrogen (secondary N) is 2. The van der Waals surface area contributed by atoms with Crippen LogP contribution in [0.2, 0.25) is 0 Å². The largest absolute Gasteiger partial charge is 0.352 e. The van der Waals surface area contributed by atoms with Crippen LogP contribution in [0.3, 0.4) is 0 Å². The van der Waals surface area contributed by atoms with Gasteiger partial charge < -0.3 is 21.3 Å². The Kier molecular flexibility index (Phi) is 5.58. The van der Waals surface area contributed by atoms with Gasteiger partial charge in [0.15, 0.2) is 0 Å². The fraction of sp³-hybridized carbons (Fsp3) is 0.867. The minimum atomic E-state index is -0.556. The highest BCUT2D eigenvalue weighted by molar-refractivity contribution is 5.87. The zero-order valence-electron chi connectivity index (χ0n) is 13.1. The van der Waals surface area contributed by atoms with E-state index in [1.54, 1.807) is 0 Å². The first-order chi connectivity index (χ1) is 9.97. The summed E-state index contributed by atoms with van der Waals surface area (Å²) in [6.07, 6.45) is 4.55. The SMILES string of the molecule is CC(C)[C@H](N)C(=O)NCC(=O)NC1CCN2CCCC2C1. The van der Waals surface area contributed by atoms with Crippen LogP contribution in [-0.2, 0) is 9.59 Å². The summed E-state index contributed by atoms with van der Waals surface area (Å²) in [6.45, 7) is 6.07. The normalized spacial score (nSPS) is 27.2. The number of rotatable bonds is 5. The third kappa shape index (κ3) is 4.41. The van der Waals surface area contributed by atoms with Gasteiger partial charge in [0.2, 0.25) is 11.8 Å². The van der Waals surface area contributed by atoms with E-state index in [-0.39, 0.29) is 30.3 Å². The molecule has 0 aromatic carbocycles. The van der Waals surface area contributed by atoms with E-state index in [1.807, 2.05) is 13.8 Å². The standard InChI is InChI=1S/C15H28N4O2/c1-10(2)14(16)15(21)17-9-13(20)18-11-5-7-19-6-3-4-12(19)8-11/h10-12,14H,3-9,16H2,1-2H3,(H,17,21)(H,18,20)/t11?,12?,14-/m0/s1. The molecule has 6 nitrogen and oxygen atoms in total. The molecule has 0 radical (unpaired) electrons. The summed E-state index contributed by atoms with van der Waals surface area (Å²) in [4.78, 5) is 26.1. The number of piperidine rings is 1. The summed E-state index contributed by atoms with van der Waals surface area (Å²) in [5, 5.41) is 5.65. The van der Waals surface area contributed by atoms with Crippen LogP contribution in [0.1, 0.15) is 39.5 Å². The van der Waals surface area contributed by atoms with Crippen molar-refractivity contribution in [3.63, 3.8) is 0 Å². The summed E-state index contributed by atoms with van der Waals surface area (Å²) >= 11 is 0. The molecule has 0 spiro atoms. The summed E-state index contributed by atoms with van der Waals surface area (Å²) < 4.78 is 0. The minimum absolute atomic E-state index is 0.0180. The molecule has 0 bridgehead atoms. The molecule has 0 aromatic heterocycles. The molecule has 0 aromatic rings. The van der Waals surface area contributed by atoms with Crippen LogP contribution in [0.25, 0.3) is 0 Å². The molecule has 4 N–H and O–H groups in total. The van der Waals surface area contributed by atoms with Gasteiger partial charge in [-0.3, -0.25) is 9.59 Å². The molecule has 0 saturated carbocycles. The zero-order valence-corrected chi connectivity index (χ0v) is 13.1.